The number of amides is 3. The fourth-order valence-corrected chi connectivity index (χ4v) is 2.72. The van der Waals surface area contributed by atoms with E-state index in [1.165, 1.54) is 6.42 Å². The fourth-order valence-electron chi connectivity index (χ4n) is 2.72. The van der Waals surface area contributed by atoms with E-state index in [2.05, 4.69) is 10.6 Å². The molecule has 1 saturated carbocycles. The SMILES string of the molecule is CCC(=O)c1ccc(OCC(=O)NC(=O)NC2CCCCC2)cc1. The van der Waals surface area contributed by atoms with Crippen molar-refractivity contribution in [2.75, 3.05) is 6.61 Å². The van der Waals surface area contributed by atoms with Crippen LogP contribution in [0.5, 0.6) is 5.75 Å². The van der Waals surface area contributed by atoms with E-state index in [9.17, 15) is 14.4 Å². The predicted octanol–water partition coefficient (Wildman–Crippen LogP) is 2.82. The highest BCUT2D eigenvalue weighted by Gasteiger charge is 2.17. The first-order chi connectivity index (χ1) is 11.6. The molecule has 0 unspecified atom stereocenters. The van der Waals surface area contributed by atoms with Crippen molar-refractivity contribution in [3.8, 4) is 5.75 Å². The van der Waals surface area contributed by atoms with Crippen LogP contribution in [0.15, 0.2) is 24.3 Å². The number of hydrogen-bond acceptors (Lipinski definition) is 4. The average molecular weight is 332 g/mol. The first-order valence-corrected chi connectivity index (χ1v) is 8.45. The molecule has 1 fully saturated rings. The van der Waals surface area contributed by atoms with Gasteiger partial charge in [0.05, 0.1) is 0 Å². The topological polar surface area (TPSA) is 84.5 Å². The van der Waals surface area contributed by atoms with Crippen molar-refractivity contribution < 1.29 is 19.1 Å². The lowest BCUT2D eigenvalue weighted by Gasteiger charge is -2.22. The maximum absolute atomic E-state index is 11.7. The number of urea groups is 1. The summed E-state index contributed by atoms with van der Waals surface area (Å²) < 4.78 is 5.32. The summed E-state index contributed by atoms with van der Waals surface area (Å²) in [6.45, 7) is 1.55. The molecule has 6 nitrogen and oxygen atoms in total. The lowest BCUT2D eigenvalue weighted by atomic mass is 9.96. The highest BCUT2D eigenvalue weighted by atomic mass is 16.5. The summed E-state index contributed by atoms with van der Waals surface area (Å²) in [4.78, 5) is 35.0. The molecule has 0 aromatic heterocycles. The molecule has 24 heavy (non-hydrogen) atoms. The maximum Gasteiger partial charge on any atom is 0.321 e. The van der Waals surface area contributed by atoms with Gasteiger partial charge in [0.15, 0.2) is 12.4 Å². The molecule has 0 spiro atoms. The molecular weight excluding hydrogens is 308 g/mol. The van der Waals surface area contributed by atoms with Crippen LogP contribution in [0, 0.1) is 0 Å². The molecule has 1 aromatic rings. The third-order valence-electron chi connectivity index (χ3n) is 4.06. The van der Waals surface area contributed by atoms with E-state index in [1.807, 2.05) is 0 Å². The first-order valence-electron chi connectivity index (χ1n) is 8.45. The summed E-state index contributed by atoms with van der Waals surface area (Å²) in [5, 5.41) is 5.08. The normalized spacial score (nSPS) is 14.7. The van der Waals surface area contributed by atoms with E-state index in [1.54, 1.807) is 31.2 Å². The molecule has 1 aliphatic carbocycles. The Morgan fingerprint density at radius 1 is 1.08 bits per heavy atom. The van der Waals surface area contributed by atoms with E-state index < -0.39 is 11.9 Å². The number of rotatable bonds is 6. The zero-order valence-corrected chi connectivity index (χ0v) is 14.0. The largest absolute Gasteiger partial charge is 0.484 e. The Morgan fingerprint density at radius 3 is 2.38 bits per heavy atom. The summed E-state index contributed by atoms with van der Waals surface area (Å²) in [5.41, 5.74) is 0.612. The Kier molecular flexibility index (Phi) is 6.78. The van der Waals surface area contributed by atoms with E-state index >= 15 is 0 Å². The summed E-state index contributed by atoms with van der Waals surface area (Å²) in [6, 6.07) is 6.27. The van der Waals surface area contributed by atoms with Gasteiger partial charge in [0, 0.05) is 18.0 Å². The highest BCUT2D eigenvalue weighted by Crippen LogP contribution is 2.17. The van der Waals surface area contributed by atoms with Gasteiger partial charge in [-0.05, 0) is 37.1 Å². The lowest BCUT2D eigenvalue weighted by molar-refractivity contribution is -0.122. The van der Waals surface area contributed by atoms with Crippen LogP contribution in [-0.4, -0.2) is 30.4 Å². The smallest absolute Gasteiger partial charge is 0.321 e. The Morgan fingerprint density at radius 2 is 1.75 bits per heavy atom. The number of benzene rings is 1. The number of imide groups is 1. The van der Waals surface area contributed by atoms with Crippen molar-refractivity contribution in [3.05, 3.63) is 29.8 Å². The van der Waals surface area contributed by atoms with Gasteiger partial charge in [0.1, 0.15) is 5.75 Å². The van der Waals surface area contributed by atoms with Crippen molar-refractivity contribution in [1.82, 2.24) is 10.6 Å². The van der Waals surface area contributed by atoms with Gasteiger partial charge in [-0.15, -0.1) is 0 Å². The zero-order chi connectivity index (χ0) is 17.4. The summed E-state index contributed by atoms with van der Waals surface area (Å²) >= 11 is 0. The lowest BCUT2D eigenvalue weighted by Crippen LogP contribution is -2.46. The second kappa shape index (κ2) is 9.05. The molecule has 0 saturated heterocycles. The van der Waals surface area contributed by atoms with Crippen LogP contribution in [0.3, 0.4) is 0 Å². The summed E-state index contributed by atoms with van der Waals surface area (Å²) in [5.74, 6) is 0.0289. The van der Waals surface area contributed by atoms with E-state index in [-0.39, 0.29) is 18.4 Å². The zero-order valence-electron chi connectivity index (χ0n) is 14.0. The van der Waals surface area contributed by atoms with Crippen LogP contribution in [0.25, 0.3) is 0 Å². The average Bonchev–Trinajstić information content (AvgIpc) is 2.60. The molecule has 0 atom stereocenters. The van der Waals surface area contributed by atoms with Crippen molar-refractivity contribution in [1.29, 1.82) is 0 Å². The molecule has 6 heteroatoms. The molecule has 2 N–H and O–H groups in total. The van der Waals surface area contributed by atoms with Gasteiger partial charge in [-0.25, -0.2) is 4.79 Å². The molecule has 0 aliphatic heterocycles. The van der Waals surface area contributed by atoms with Gasteiger partial charge < -0.3 is 10.1 Å². The number of Topliss-reactive ketones (excluding diaryl/α,β-unsaturated/α-hetero) is 1. The van der Waals surface area contributed by atoms with Crippen LogP contribution < -0.4 is 15.4 Å². The second-order valence-corrected chi connectivity index (χ2v) is 5.95. The van der Waals surface area contributed by atoms with Gasteiger partial charge in [-0.1, -0.05) is 26.2 Å². The number of carbonyl (C=O) groups excluding carboxylic acids is 3. The van der Waals surface area contributed by atoms with E-state index in [0.717, 1.165) is 25.7 Å². The Hall–Kier alpha value is -2.37. The number of hydrogen-bond donors (Lipinski definition) is 2. The van der Waals surface area contributed by atoms with Crippen LogP contribution in [-0.2, 0) is 4.79 Å². The van der Waals surface area contributed by atoms with Crippen LogP contribution in [0.1, 0.15) is 55.8 Å². The van der Waals surface area contributed by atoms with Crippen LogP contribution >= 0.6 is 0 Å². The first kappa shape index (κ1) is 18.0. The maximum atomic E-state index is 11.7. The summed E-state index contributed by atoms with van der Waals surface area (Å²) in [7, 11) is 0. The van der Waals surface area contributed by atoms with E-state index in [0.29, 0.717) is 17.7 Å². The number of carbonyl (C=O) groups is 3. The monoisotopic (exact) mass is 332 g/mol. The van der Waals surface area contributed by atoms with Gasteiger partial charge in [0.25, 0.3) is 5.91 Å². The van der Waals surface area contributed by atoms with Crippen molar-refractivity contribution in [3.63, 3.8) is 0 Å². The molecule has 1 aromatic carbocycles. The van der Waals surface area contributed by atoms with Crippen LogP contribution in [0.4, 0.5) is 4.79 Å². The molecule has 1 aliphatic rings. The molecular formula is C18H24N2O4. The standard InChI is InChI=1S/C18H24N2O4/c1-2-16(21)13-8-10-15(11-9-13)24-12-17(22)20-18(23)19-14-6-4-3-5-7-14/h8-11,14H,2-7,12H2,1H3,(H2,19,20,22,23). The van der Waals surface area contributed by atoms with Gasteiger partial charge >= 0.3 is 6.03 Å². The van der Waals surface area contributed by atoms with Gasteiger partial charge in [0.2, 0.25) is 0 Å². The second-order valence-electron chi connectivity index (χ2n) is 5.95. The minimum absolute atomic E-state index is 0.0543. The molecule has 130 valence electrons. The fraction of sp³-hybridized carbons (Fsp3) is 0.500. The quantitative estimate of drug-likeness (QED) is 0.785. The van der Waals surface area contributed by atoms with Crippen molar-refractivity contribution in [2.45, 2.75) is 51.5 Å². The van der Waals surface area contributed by atoms with Crippen molar-refractivity contribution >= 4 is 17.7 Å². The Labute approximate surface area is 142 Å². The molecule has 0 bridgehead atoms. The molecule has 0 radical (unpaired) electrons. The Bertz CT molecular complexity index is 577. The minimum Gasteiger partial charge on any atom is -0.484 e. The third-order valence-corrected chi connectivity index (χ3v) is 4.06. The summed E-state index contributed by atoms with van der Waals surface area (Å²) in [6.07, 6.45) is 5.78. The third kappa shape index (κ3) is 5.68. The molecule has 0 heterocycles. The van der Waals surface area contributed by atoms with Gasteiger partial charge in [-0.2, -0.15) is 0 Å². The Balaban J connectivity index is 1.72. The number of ether oxygens (including phenoxy) is 1. The van der Waals surface area contributed by atoms with Crippen LogP contribution in [0.2, 0.25) is 0 Å². The minimum atomic E-state index is -0.503. The molecule has 3 amide bonds. The van der Waals surface area contributed by atoms with E-state index in [4.69, 9.17) is 4.74 Å². The number of nitrogens with one attached hydrogen (secondary N) is 2. The number of ketones is 1. The predicted molar refractivity (Wildman–Crippen MR) is 90.1 cm³/mol. The highest BCUT2D eigenvalue weighted by molar-refractivity contribution is 5.96. The molecule has 2 rings (SSSR count). The van der Waals surface area contributed by atoms with Crippen molar-refractivity contribution in [2.24, 2.45) is 0 Å². The van der Waals surface area contributed by atoms with Gasteiger partial charge in [-0.3, -0.25) is 14.9 Å².